The Morgan fingerprint density at radius 3 is 2.25 bits per heavy atom. The maximum absolute atomic E-state index is 11.4. The highest BCUT2D eigenvalue weighted by Crippen LogP contribution is 2.43. The van der Waals surface area contributed by atoms with Gasteiger partial charge in [-0.25, -0.2) is 0 Å². The first-order valence-electron chi connectivity index (χ1n) is 6.19. The molecular weight excluding hydrogens is 203 g/mol. The zero-order chi connectivity index (χ0) is 12.0. The highest BCUT2D eigenvalue weighted by Gasteiger charge is 2.53. The summed E-state index contributed by atoms with van der Waals surface area (Å²) < 4.78 is 12.0. The van der Waals surface area contributed by atoms with Crippen LogP contribution in [0.5, 0.6) is 0 Å². The molecule has 1 aliphatic carbocycles. The van der Waals surface area contributed by atoms with E-state index in [1.54, 1.807) is 0 Å². The lowest BCUT2D eigenvalue weighted by Crippen LogP contribution is -2.41. The van der Waals surface area contributed by atoms with Gasteiger partial charge in [0.15, 0.2) is 0 Å². The van der Waals surface area contributed by atoms with Gasteiger partial charge in [0, 0.05) is 18.7 Å². The normalized spacial score (nSPS) is 33.1. The fraction of sp³-hybridized carbons (Fsp3) is 0.917. The molecule has 0 radical (unpaired) electrons. The monoisotopic (exact) mass is 224 g/mol. The van der Waals surface area contributed by atoms with E-state index in [9.17, 15) is 4.79 Å². The molecule has 4 heteroatoms. The van der Waals surface area contributed by atoms with E-state index in [1.165, 1.54) is 0 Å². The van der Waals surface area contributed by atoms with Gasteiger partial charge in [0.2, 0.25) is 0 Å². The fourth-order valence-corrected chi connectivity index (χ4v) is 2.37. The highest BCUT2D eigenvalue weighted by molar-refractivity contribution is 6.48. The first kappa shape index (κ1) is 12.1. The van der Waals surface area contributed by atoms with Crippen LogP contribution in [-0.4, -0.2) is 24.1 Å². The van der Waals surface area contributed by atoms with Crippen molar-refractivity contribution >= 4 is 12.9 Å². The molecule has 0 bridgehead atoms. The van der Waals surface area contributed by atoms with E-state index in [0.717, 1.165) is 19.3 Å². The van der Waals surface area contributed by atoms with E-state index in [4.69, 9.17) is 9.31 Å². The third-order valence-corrected chi connectivity index (χ3v) is 4.18. The van der Waals surface area contributed by atoms with Gasteiger partial charge in [-0.1, -0.05) is 6.42 Å². The van der Waals surface area contributed by atoms with Crippen LogP contribution in [0.4, 0.5) is 0 Å². The second-order valence-corrected chi connectivity index (χ2v) is 6.02. The molecule has 0 amide bonds. The molecule has 1 saturated carbocycles. The SMILES string of the molecule is CC1(C)OB([C@@H]2CCCC(=O)C2)OC1(C)C. The molecule has 0 aromatic rings. The van der Waals surface area contributed by atoms with E-state index in [2.05, 4.69) is 27.7 Å². The number of carbonyl (C=O) groups excluding carboxylic acids is 1. The Balaban J connectivity index is 2.05. The lowest BCUT2D eigenvalue weighted by atomic mass is 9.64. The number of ketones is 1. The Labute approximate surface area is 98.0 Å². The summed E-state index contributed by atoms with van der Waals surface area (Å²) in [4.78, 5) is 11.4. The molecule has 1 aliphatic heterocycles. The Kier molecular flexibility index (Phi) is 2.91. The second kappa shape index (κ2) is 3.85. The smallest absolute Gasteiger partial charge is 0.403 e. The maximum atomic E-state index is 11.4. The van der Waals surface area contributed by atoms with Crippen LogP contribution in [0.25, 0.3) is 0 Å². The van der Waals surface area contributed by atoms with Crippen LogP contribution in [0.15, 0.2) is 0 Å². The van der Waals surface area contributed by atoms with Crippen molar-refractivity contribution in [2.45, 2.75) is 70.4 Å². The molecule has 3 nitrogen and oxygen atoms in total. The highest BCUT2D eigenvalue weighted by atomic mass is 16.7. The van der Waals surface area contributed by atoms with Crippen LogP contribution in [-0.2, 0) is 14.1 Å². The van der Waals surface area contributed by atoms with Crippen molar-refractivity contribution in [3.8, 4) is 0 Å². The third kappa shape index (κ3) is 2.05. The van der Waals surface area contributed by atoms with Crippen molar-refractivity contribution in [1.82, 2.24) is 0 Å². The van der Waals surface area contributed by atoms with Gasteiger partial charge >= 0.3 is 7.12 Å². The number of carbonyl (C=O) groups is 1. The largest absolute Gasteiger partial charge is 0.461 e. The molecule has 0 aromatic heterocycles. The summed E-state index contributed by atoms with van der Waals surface area (Å²) in [5, 5.41) is 0. The van der Waals surface area contributed by atoms with Crippen LogP contribution in [0.1, 0.15) is 53.4 Å². The minimum Gasteiger partial charge on any atom is -0.403 e. The first-order valence-corrected chi connectivity index (χ1v) is 6.19. The summed E-state index contributed by atoms with van der Waals surface area (Å²) in [6.07, 6.45) is 3.38. The minimum absolute atomic E-state index is 0.200. The zero-order valence-corrected chi connectivity index (χ0v) is 10.7. The Bertz CT molecular complexity index is 283. The topological polar surface area (TPSA) is 35.5 Å². The lowest BCUT2D eigenvalue weighted by molar-refractivity contribution is -0.120. The summed E-state index contributed by atoms with van der Waals surface area (Å²) in [7, 11) is -0.200. The van der Waals surface area contributed by atoms with E-state index in [-0.39, 0.29) is 24.1 Å². The number of hydrogen-bond acceptors (Lipinski definition) is 3. The molecule has 1 saturated heterocycles. The molecule has 0 spiro atoms. The predicted molar refractivity (Wildman–Crippen MR) is 63.3 cm³/mol. The average Bonchev–Trinajstić information content (AvgIpc) is 2.36. The number of rotatable bonds is 1. The number of hydrogen-bond donors (Lipinski definition) is 0. The van der Waals surface area contributed by atoms with Gasteiger partial charge in [0.25, 0.3) is 0 Å². The van der Waals surface area contributed by atoms with Crippen molar-refractivity contribution in [2.24, 2.45) is 0 Å². The van der Waals surface area contributed by atoms with Gasteiger partial charge in [-0.15, -0.1) is 0 Å². The van der Waals surface area contributed by atoms with Crippen LogP contribution < -0.4 is 0 Å². The third-order valence-electron chi connectivity index (χ3n) is 4.18. The Morgan fingerprint density at radius 2 is 1.75 bits per heavy atom. The summed E-state index contributed by atoms with van der Waals surface area (Å²) in [6, 6.07) is 0. The standard InChI is InChI=1S/C12H21BO3/c1-11(2)12(3,4)16-13(15-11)9-6-5-7-10(14)8-9/h9H,5-8H2,1-4H3/t9-/m1/s1. The van der Waals surface area contributed by atoms with Gasteiger partial charge in [-0.2, -0.15) is 0 Å². The zero-order valence-electron chi connectivity index (χ0n) is 10.7. The molecule has 0 N–H and O–H groups in total. The Hall–Kier alpha value is -0.345. The molecule has 90 valence electrons. The quantitative estimate of drug-likeness (QED) is 0.642. The molecular formula is C12H21BO3. The summed E-state index contributed by atoms with van der Waals surface area (Å²) in [6.45, 7) is 8.21. The summed E-state index contributed by atoms with van der Waals surface area (Å²) >= 11 is 0. The average molecular weight is 224 g/mol. The van der Waals surface area contributed by atoms with E-state index in [0.29, 0.717) is 12.2 Å². The van der Waals surface area contributed by atoms with Gasteiger partial charge in [-0.3, -0.25) is 4.79 Å². The minimum atomic E-state index is -0.280. The lowest BCUT2D eigenvalue weighted by Gasteiger charge is -2.32. The van der Waals surface area contributed by atoms with Crippen LogP contribution in [0.3, 0.4) is 0 Å². The van der Waals surface area contributed by atoms with Crippen molar-refractivity contribution in [1.29, 1.82) is 0 Å². The summed E-state index contributed by atoms with van der Waals surface area (Å²) in [5.74, 6) is 0.605. The van der Waals surface area contributed by atoms with Crippen LogP contribution in [0.2, 0.25) is 5.82 Å². The molecule has 2 rings (SSSR count). The molecule has 0 aromatic carbocycles. The van der Waals surface area contributed by atoms with Crippen LogP contribution >= 0.6 is 0 Å². The van der Waals surface area contributed by atoms with E-state index in [1.807, 2.05) is 0 Å². The molecule has 16 heavy (non-hydrogen) atoms. The van der Waals surface area contributed by atoms with Gasteiger partial charge in [-0.05, 0) is 34.1 Å². The molecule has 2 aliphatic rings. The van der Waals surface area contributed by atoms with Crippen LogP contribution in [0, 0.1) is 0 Å². The number of Topliss-reactive ketones (excluding diaryl/α,β-unsaturated/α-hetero) is 1. The first-order chi connectivity index (χ1) is 7.32. The van der Waals surface area contributed by atoms with Gasteiger partial charge in [0.1, 0.15) is 5.78 Å². The predicted octanol–water partition coefficient (Wildman–Crippen LogP) is 2.59. The summed E-state index contributed by atoms with van der Waals surface area (Å²) in [5.41, 5.74) is -0.559. The van der Waals surface area contributed by atoms with E-state index >= 15 is 0 Å². The van der Waals surface area contributed by atoms with Crippen molar-refractivity contribution in [3.63, 3.8) is 0 Å². The van der Waals surface area contributed by atoms with E-state index < -0.39 is 0 Å². The Morgan fingerprint density at radius 1 is 1.19 bits per heavy atom. The fourth-order valence-electron chi connectivity index (χ4n) is 2.37. The molecule has 1 heterocycles. The van der Waals surface area contributed by atoms with Crippen molar-refractivity contribution in [2.75, 3.05) is 0 Å². The molecule has 0 unspecified atom stereocenters. The van der Waals surface area contributed by atoms with Gasteiger partial charge < -0.3 is 9.31 Å². The van der Waals surface area contributed by atoms with Crippen molar-refractivity contribution in [3.05, 3.63) is 0 Å². The maximum Gasteiger partial charge on any atom is 0.461 e. The van der Waals surface area contributed by atoms with Gasteiger partial charge in [0.05, 0.1) is 11.2 Å². The van der Waals surface area contributed by atoms with Crippen molar-refractivity contribution < 1.29 is 14.1 Å². The molecule has 2 fully saturated rings. The second-order valence-electron chi connectivity index (χ2n) is 6.02. The molecule has 1 atom stereocenters.